The molecule has 2 N–H and O–H groups in total. The molecule has 0 saturated heterocycles. The zero-order valence-electron chi connectivity index (χ0n) is 14.1. The van der Waals surface area contributed by atoms with E-state index >= 15 is 0 Å². The molecule has 0 aliphatic carbocycles. The number of likely N-dealkylation sites (N-methyl/N-ethyl adjacent to an activating group) is 2. The van der Waals surface area contributed by atoms with Gasteiger partial charge in [-0.3, -0.25) is 9.59 Å². The molecule has 7 heteroatoms. The van der Waals surface area contributed by atoms with Gasteiger partial charge in [-0.15, -0.1) is 24.2 Å². The number of carbonyl (C=O) groups is 2. The first-order chi connectivity index (χ1) is 10.5. The maximum absolute atomic E-state index is 12.5. The summed E-state index contributed by atoms with van der Waals surface area (Å²) in [4.78, 5) is 26.7. The molecule has 0 fully saturated rings. The Balaban J connectivity index is 0.00000484. The number of benzene rings is 1. The van der Waals surface area contributed by atoms with Gasteiger partial charge in [-0.05, 0) is 33.0 Å². The van der Waals surface area contributed by atoms with E-state index in [1.54, 1.807) is 18.0 Å². The SMILES string of the molecule is CNCCN(C)C(=O)c1ccccc1SCC(=O)NC(C)C.Cl. The molecule has 0 radical (unpaired) electrons. The normalized spacial score (nSPS) is 10.1. The molecule has 5 nitrogen and oxygen atoms in total. The molecule has 23 heavy (non-hydrogen) atoms. The van der Waals surface area contributed by atoms with Gasteiger partial charge >= 0.3 is 0 Å². The Morgan fingerprint density at radius 3 is 2.52 bits per heavy atom. The van der Waals surface area contributed by atoms with Crippen LogP contribution in [0.5, 0.6) is 0 Å². The van der Waals surface area contributed by atoms with Gasteiger partial charge in [0.2, 0.25) is 5.91 Å². The number of rotatable bonds is 8. The fourth-order valence-corrected chi connectivity index (χ4v) is 2.72. The Morgan fingerprint density at radius 1 is 1.26 bits per heavy atom. The van der Waals surface area contributed by atoms with Crippen molar-refractivity contribution in [2.75, 3.05) is 32.9 Å². The van der Waals surface area contributed by atoms with Crippen LogP contribution < -0.4 is 10.6 Å². The fourth-order valence-electron chi connectivity index (χ4n) is 1.86. The molecule has 1 aromatic carbocycles. The molecule has 0 spiro atoms. The van der Waals surface area contributed by atoms with E-state index in [1.807, 2.05) is 39.1 Å². The molecule has 2 amide bonds. The van der Waals surface area contributed by atoms with Crippen molar-refractivity contribution in [2.24, 2.45) is 0 Å². The topological polar surface area (TPSA) is 61.4 Å². The van der Waals surface area contributed by atoms with Crippen LogP contribution in [0.15, 0.2) is 29.2 Å². The summed E-state index contributed by atoms with van der Waals surface area (Å²) in [5, 5.41) is 5.87. The Hall–Kier alpha value is -1.24. The van der Waals surface area contributed by atoms with Gasteiger partial charge in [-0.25, -0.2) is 0 Å². The highest BCUT2D eigenvalue weighted by Crippen LogP contribution is 2.23. The summed E-state index contributed by atoms with van der Waals surface area (Å²) in [6.07, 6.45) is 0. The molecule has 0 heterocycles. The highest BCUT2D eigenvalue weighted by Gasteiger charge is 2.16. The molecule has 0 aliphatic rings. The lowest BCUT2D eigenvalue weighted by atomic mass is 10.2. The minimum absolute atomic E-state index is 0. The number of halogens is 1. The first-order valence-corrected chi connectivity index (χ1v) is 8.35. The summed E-state index contributed by atoms with van der Waals surface area (Å²) in [6.45, 7) is 5.24. The number of hydrogen-bond donors (Lipinski definition) is 2. The molecule has 0 bridgehead atoms. The van der Waals surface area contributed by atoms with E-state index in [0.717, 1.165) is 11.4 Å². The zero-order chi connectivity index (χ0) is 16.5. The number of nitrogens with zero attached hydrogens (tertiary/aromatic N) is 1. The predicted molar refractivity (Wildman–Crippen MR) is 98.6 cm³/mol. The van der Waals surface area contributed by atoms with Gasteiger partial charge in [0.25, 0.3) is 5.91 Å². The highest BCUT2D eigenvalue weighted by molar-refractivity contribution is 8.00. The van der Waals surface area contributed by atoms with Crippen LogP contribution in [0.1, 0.15) is 24.2 Å². The second kappa shape index (κ2) is 11.3. The molecule has 0 saturated carbocycles. The van der Waals surface area contributed by atoms with E-state index < -0.39 is 0 Å². The van der Waals surface area contributed by atoms with E-state index in [9.17, 15) is 9.59 Å². The quantitative estimate of drug-likeness (QED) is 0.697. The first kappa shape index (κ1) is 21.8. The van der Waals surface area contributed by atoms with Crippen molar-refractivity contribution in [3.8, 4) is 0 Å². The maximum Gasteiger partial charge on any atom is 0.254 e. The van der Waals surface area contributed by atoms with E-state index in [1.165, 1.54) is 11.8 Å². The summed E-state index contributed by atoms with van der Waals surface area (Å²) in [5.74, 6) is 0.260. The predicted octanol–water partition coefficient (Wildman–Crippen LogP) is 2.02. The van der Waals surface area contributed by atoms with E-state index in [0.29, 0.717) is 17.9 Å². The third kappa shape index (κ3) is 7.72. The van der Waals surface area contributed by atoms with Crippen LogP contribution in [0.25, 0.3) is 0 Å². The molecule has 1 rings (SSSR count). The third-order valence-electron chi connectivity index (χ3n) is 2.97. The van der Waals surface area contributed by atoms with Crippen molar-refractivity contribution in [1.29, 1.82) is 0 Å². The van der Waals surface area contributed by atoms with Gasteiger partial charge in [0, 0.05) is 31.1 Å². The summed E-state index contributed by atoms with van der Waals surface area (Å²) >= 11 is 1.39. The van der Waals surface area contributed by atoms with E-state index in [-0.39, 0.29) is 30.3 Å². The summed E-state index contributed by atoms with van der Waals surface area (Å²) in [7, 11) is 3.64. The molecule has 0 aromatic heterocycles. The smallest absolute Gasteiger partial charge is 0.254 e. The average molecular weight is 360 g/mol. The molecule has 0 atom stereocenters. The van der Waals surface area contributed by atoms with Crippen molar-refractivity contribution >= 4 is 36.0 Å². The summed E-state index contributed by atoms with van der Waals surface area (Å²) in [6, 6.07) is 7.54. The molecular weight excluding hydrogens is 334 g/mol. The lowest BCUT2D eigenvalue weighted by molar-refractivity contribution is -0.119. The van der Waals surface area contributed by atoms with Crippen LogP contribution in [0, 0.1) is 0 Å². The van der Waals surface area contributed by atoms with Crippen LogP contribution in [0.4, 0.5) is 0 Å². The van der Waals surface area contributed by atoms with Crippen molar-refractivity contribution in [3.05, 3.63) is 29.8 Å². The van der Waals surface area contributed by atoms with Crippen LogP contribution in [0.3, 0.4) is 0 Å². The Labute approximate surface area is 149 Å². The Kier molecular flexibility index (Phi) is 10.7. The van der Waals surface area contributed by atoms with Crippen molar-refractivity contribution in [3.63, 3.8) is 0 Å². The highest BCUT2D eigenvalue weighted by atomic mass is 35.5. The minimum atomic E-state index is -0.0254. The van der Waals surface area contributed by atoms with Gasteiger partial charge in [-0.1, -0.05) is 12.1 Å². The molecule has 0 aliphatic heterocycles. The third-order valence-corrected chi connectivity index (χ3v) is 4.04. The van der Waals surface area contributed by atoms with Gasteiger partial charge < -0.3 is 15.5 Å². The molecule has 0 unspecified atom stereocenters. The largest absolute Gasteiger partial charge is 0.353 e. The molecule has 1 aromatic rings. The van der Waals surface area contributed by atoms with Crippen LogP contribution in [-0.2, 0) is 4.79 Å². The second-order valence-corrected chi connectivity index (χ2v) is 6.35. The first-order valence-electron chi connectivity index (χ1n) is 7.37. The van der Waals surface area contributed by atoms with Gasteiger partial charge in [-0.2, -0.15) is 0 Å². The number of nitrogens with one attached hydrogen (secondary N) is 2. The van der Waals surface area contributed by atoms with Crippen molar-refractivity contribution in [1.82, 2.24) is 15.5 Å². The van der Waals surface area contributed by atoms with Crippen LogP contribution in [0.2, 0.25) is 0 Å². The van der Waals surface area contributed by atoms with E-state index in [2.05, 4.69) is 10.6 Å². The van der Waals surface area contributed by atoms with E-state index in [4.69, 9.17) is 0 Å². The average Bonchev–Trinajstić information content (AvgIpc) is 2.49. The van der Waals surface area contributed by atoms with Gasteiger partial charge in [0.05, 0.1) is 11.3 Å². The minimum Gasteiger partial charge on any atom is -0.353 e. The standard InChI is InChI=1S/C16H25N3O2S.ClH/c1-12(2)18-15(20)11-22-14-8-6-5-7-13(14)16(21)19(4)10-9-17-3;/h5-8,12,17H,9-11H2,1-4H3,(H,18,20);1H. The van der Waals surface area contributed by atoms with Crippen LogP contribution >= 0.6 is 24.2 Å². The fraction of sp³-hybridized carbons (Fsp3) is 0.500. The number of carbonyl (C=O) groups excluding carboxylic acids is 2. The van der Waals surface area contributed by atoms with Crippen molar-refractivity contribution in [2.45, 2.75) is 24.8 Å². The van der Waals surface area contributed by atoms with Crippen LogP contribution in [-0.4, -0.2) is 55.7 Å². The number of hydrogen-bond acceptors (Lipinski definition) is 4. The maximum atomic E-state index is 12.5. The van der Waals surface area contributed by atoms with Crippen molar-refractivity contribution < 1.29 is 9.59 Å². The second-order valence-electron chi connectivity index (χ2n) is 5.34. The number of amides is 2. The molecular formula is C16H26ClN3O2S. The van der Waals surface area contributed by atoms with Gasteiger partial charge in [0.15, 0.2) is 0 Å². The summed E-state index contributed by atoms with van der Waals surface area (Å²) < 4.78 is 0. The lowest BCUT2D eigenvalue weighted by Crippen LogP contribution is -2.33. The Bertz CT molecular complexity index is 512. The summed E-state index contributed by atoms with van der Waals surface area (Å²) in [5.41, 5.74) is 0.642. The van der Waals surface area contributed by atoms with Gasteiger partial charge in [0.1, 0.15) is 0 Å². The molecule has 130 valence electrons. The zero-order valence-corrected chi connectivity index (χ0v) is 15.7. The Morgan fingerprint density at radius 2 is 1.91 bits per heavy atom. The number of thioether (sulfide) groups is 1. The monoisotopic (exact) mass is 359 g/mol. The lowest BCUT2D eigenvalue weighted by Gasteiger charge is -2.18.